The van der Waals surface area contributed by atoms with Crippen molar-refractivity contribution in [2.75, 3.05) is 20.7 Å². The van der Waals surface area contributed by atoms with Crippen molar-refractivity contribution in [2.45, 2.75) is 32.0 Å². The van der Waals surface area contributed by atoms with Crippen LogP contribution in [-0.4, -0.2) is 54.7 Å². The first-order valence-corrected chi connectivity index (χ1v) is 6.71. The second-order valence-electron chi connectivity index (χ2n) is 5.08. The van der Waals surface area contributed by atoms with Gasteiger partial charge in [0.2, 0.25) is 5.91 Å². The molecule has 1 saturated heterocycles. The maximum Gasteiger partial charge on any atom is 0.277 e. The Hall–Kier alpha value is -1.93. The first kappa shape index (κ1) is 15.5. The van der Waals surface area contributed by atoms with E-state index in [-0.39, 0.29) is 30.2 Å². The Morgan fingerprint density at radius 2 is 2.29 bits per heavy atom. The second kappa shape index (κ2) is 6.23. The summed E-state index contributed by atoms with van der Waals surface area (Å²) in [5.74, 6) is -0.0644. The lowest BCUT2D eigenvalue weighted by atomic mass is 10.1. The molecule has 1 aliphatic heterocycles. The number of hydrogen-bond donors (Lipinski definition) is 2. The second-order valence-corrected chi connectivity index (χ2v) is 5.08. The van der Waals surface area contributed by atoms with Crippen LogP contribution in [0.3, 0.4) is 0 Å². The van der Waals surface area contributed by atoms with Crippen LogP contribution in [0.2, 0.25) is 0 Å². The van der Waals surface area contributed by atoms with E-state index >= 15 is 0 Å². The summed E-state index contributed by atoms with van der Waals surface area (Å²) in [7, 11) is 3.06. The van der Waals surface area contributed by atoms with E-state index in [2.05, 4.69) is 10.5 Å². The monoisotopic (exact) mass is 296 g/mol. The van der Waals surface area contributed by atoms with Crippen molar-refractivity contribution >= 4 is 11.8 Å². The molecule has 21 heavy (non-hydrogen) atoms. The fourth-order valence-electron chi connectivity index (χ4n) is 2.52. The van der Waals surface area contributed by atoms with Gasteiger partial charge in [0.1, 0.15) is 11.8 Å². The molecule has 1 aromatic heterocycles. The lowest BCUT2D eigenvalue weighted by molar-refractivity contribution is -0.124. The molecular weight excluding hydrogens is 276 g/mol. The van der Waals surface area contributed by atoms with Gasteiger partial charge in [-0.05, 0) is 13.3 Å². The van der Waals surface area contributed by atoms with Crippen molar-refractivity contribution in [1.29, 1.82) is 0 Å². The summed E-state index contributed by atoms with van der Waals surface area (Å²) in [6.07, 6.45) is 0.432. The number of likely N-dealkylation sites (N-methyl/N-ethyl adjacent to an activating group) is 1. The minimum atomic E-state index is -0.579. The van der Waals surface area contributed by atoms with Crippen molar-refractivity contribution in [3.8, 4) is 0 Å². The van der Waals surface area contributed by atoms with E-state index in [1.165, 1.54) is 19.1 Å². The van der Waals surface area contributed by atoms with Gasteiger partial charge in [-0.1, -0.05) is 5.16 Å². The number of rotatable bonds is 4. The molecule has 2 atom stereocenters. The predicted octanol–water partition coefficient (Wildman–Crippen LogP) is -0.583. The third-order valence-corrected chi connectivity index (χ3v) is 3.62. The van der Waals surface area contributed by atoms with E-state index in [0.29, 0.717) is 24.3 Å². The zero-order chi connectivity index (χ0) is 15.6. The fourth-order valence-corrected chi connectivity index (χ4v) is 2.52. The van der Waals surface area contributed by atoms with E-state index in [1.54, 1.807) is 6.92 Å². The summed E-state index contributed by atoms with van der Waals surface area (Å²) in [6, 6.07) is -0.806. The van der Waals surface area contributed by atoms with Gasteiger partial charge in [-0.2, -0.15) is 0 Å². The minimum absolute atomic E-state index is 0.178. The fraction of sp³-hybridized carbons (Fsp3) is 0.615. The number of nitrogens with one attached hydrogen (secondary N) is 1. The van der Waals surface area contributed by atoms with Gasteiger partial charge in [-0.25, -0.2) is 0 Å². The van der Waals surface area contributed by atoms with Gasteiger partial charge in [-0.3, -0.25) is 9.59 Å². The molecule has 0 saturated carbocycles. The predicted molar refractivity (Wildman–Crippen MR) is 73.4 cm³/mol. The first-order valence-electron chi connectivity index (χ1n) is 6.71. The van der Waals surface area contributed by atoms with E-state index in [4.69, 9.17) is 15.0 Å². The Labute approximate surface area is 122 Å². The third kappa shape index (κ3) is 2.91. The molecule has 116 valence electrons. The molecule has 0 unspecified atom stereocenters. The summed E-state index contributed by atoms with van der Waals surface area (Å²) in [6.45, 7) is 2.25. The van der Waals surface area contributed by atoms with Gasteiger partial charge >= 0.3 is 0 Å². The first-order chi connectivity index (χ1) is 9.99. The van der Waals surface area contributed by atoms with Crippen molar-refractivity contribution in [3.05, 3.63) is 17.0 Å². The van der Waals surface area contributed by atoms with Gasteiger partial charge < -0.3 is 25.2 Å². The zero-order valence-electron chi connectivity index (χ0n) is 12.4. The number of carbonyl (C=O) groups is 2. The van der Waals surface area contributed by atoms with Crippen LogP contribution in [0.4, 0.5) is 0 Å². The molecule has 0 aromatic carbocycles. The molecule has 0 spiro atoms. The molecule has 3 N–H and O–H groups in total. The number of nitrogens with two attached hydrogens (primary N) is 1. The molecule has 2 rings (SSSR count). The summed E-state index contributed by atoms with van der Waals surface area (Å²) >= 11 is 0. The van der Waals surface area contributed by atoms with Crippen LogP contribution in [0, 0.1) is 6.92 Å². The van der Waals surface area contributed by atoms with Crippen LogP contribution in [0.25, 0.3) is 0 Å². The Morgan fingerprint density at radius 1 is 1.57 bits per heavy atom. The number of methoxy groups -OCH3 is 1. The SMILES string of the molecule is CNC(=O)[C@@H]1C[C@@H](N)CN1C(=O)c1noc(C)c1COC. The molecule has 1 fully saturated rings. The number of ether oxygens (including phenoxy) is 1. The van der Waals surface area contributed by atoms with Crippen LogP contribution in [0.1, 0.15) is 28.2 Å². The van der Waals surface area contributed by atoms with Crippen molar-refractivity contribution in [2.24, 2.45) is 5.73 Å². The highest BCUT2D eigenvalue weighted by Crippen LogP contribution is 2.22. The maximum absolute atomic E-state index is 12.6. The van der Waals surface area contributed by atoms with Gasteiger partial charge in [0.05, 0.1) is 12.2 Å². The average molecular weight is 296 g/mol. The molecule has 2 heterocycles. The van der Waals surface area contributed by atoms with Crippen LogP contribution < -0.4 is 11.1 Å². The molecule has 0 aliphatic carbocycles. The molecule has 1 aliphatic rings. The molecule has 8 nitrogen and oxygen atoms in total. The van der Waals surface area contributed by atoms with E-state index in [1.807, 2.05) is 0 Å². The number of carbonyl (C=O) groups excluding carboxylic acids is 2. The van der Waals surface area contributed by atoms with Gasteiger partial charge in [-0.15, -0.1) is 0 Å². The van der Waals surface area contributed by atoms with Crippen molar-refractivity contribution < 1.29 is 18.8 Å². The highest BCUT2D eigenvalue weighted by atomic mass is 16.5. The van der Waals surface area contributed by atoms with Gasteiger partial charge in [0.25, 0.3) is 5.91 Å². The molecule has 0 radical (unpaired) electrons. The largest absolute Gasteiger partial charge is 0.380 e. The standard InChI is InChI=1S/C13H20N4O4/c1-7-9(6-20-3)11(16-21-7)13(19)17-5-8(14)4-10(17)12(18)15-2/h8,10H,4-6,14H2,1-3H3,(H,15,18)/t8-,10+/m1/s1. The Balaban J connectivity index is 2.28. The van der Waals surface area contributed by atoms with E-state index < -0.39 is 6.04 Å². The summed E-state index contributed by atoms with van der Waals surface area (Å²) in [5, 5.41) is 6.36. The third-order valence-electron chi connectivity index (χ3n) is 3.62. The summed E-state index contributed by atoms with van der Waals surface area (Å²) in [5.41, 5.74) is 6.66. The van der Waals surface area contributed by atoms with Crippen LogP contribution in [0.15, 0.2) is 4.52 Å². The molecular formula is C13H20N4O4. The Morgan fingerprint density at radius 3 is 2.90 bits per heavy atom. The Kier molecular flexibility index (Phi) is 4.59. The number of aryl methyl sites for hydroxylation is 1. The highest BCUT2D eigenvalue weighted by Gasteiger charge is 2.39. The summed E-state index contributed by atoms with van der Waals surface area (Å²) in [4.78, 5) is 26.0. The van der Waals surface area contributed by atoms with E-state index in [9.17, 15) is 9.59 Å². The molecule has 1 aromatic rings. The van der Waals surface area contributed by atoms with Crippen molar-refractivity contribution in [1.82, 2.24) is 15.4 Å². The lowest BCUT2D eigenvalue weighted by Gasteiger charge is -2.22. The quantitative estimate of drug-likeness (QED) is 0.769. The van der Waals surface area contributed by atoms with Gasteiger partial charge in [0.15, 0.2) is 5.69 Å². The number of amides is 2. The summed E-state index contributed by atoms with van der Waals surface area (Å²) < 4.78 is 10.1. The number of nitrogens with zero attached hydrogens (tertiary/aromatic N) is 2. The zero-order valence-corrected chi connectivity index (χ0v) is 12.4. The van der Waals surface area contributed by atoms with Crippen LogP contribution >= 0.6 is 0 Å². The minimum Gasteiger partial charge on any atom is -0.380 e. The smallest absolute Gasteiger partial charge is 0.277 e. The number of likely N-dealkylation sites (tertiary alicyclic amines) is 1. The average Bonchev–Trinajstić information content (AvgIpc) is 3.02. The molecule has 8 heteroatoms. The molecule has 0 bridgehead atoms. The lowest BCUT2D eigenvalue weighted by Crippen LogP contribution is -2.45. The van der Waals surface area contributed by atoms with Crippen molar-refractivity contribution in [3.63, 3.8) is 0 Å². The van der Waals surface area contributed by atoms with E-state index in [0.717, 1.165) is 0 Å². The number of hydrogen-bond acceptors (Lipinski definition) is 6. The maximum atomic E-state index is 12.6. The Bertz CT molecular complexity index is 542. The normalized spacial score (nSPS) is 21.6. The van der Waals surface area contributed by atoms with Crippen LogP contribution in [-0.2, 0) is 16.1 Å². The molecule has 2 amide bonds. The highest BCUT2D eigenvalue weighted by molar-refractivity contribution is 5.97. The topological polar surface area (TPSA) is 111 Å². The number of aromatic nitrogens is 1. The van der Waals surface area contributed by atoms with Gasteiger partial charge in [0, 0.05) is 26.7 Å². The van der Waals surface area contributed by atoms with Crippen LogP contribution in [0.5, 0.6) is 0 Å².